The van der Waals surface area contributed by atoms with Crippen LogP contribution in [0, 0.1) is 11.8 Å². The fourth-order valence-corrected chi connectivity index (χ4v) is 1.62. The molecule has 0 aliphatic carbocycles. The molecule has 3 nitrogen and oxygen atoms in total. The minimum absolute atomic E-state index is 0.192. The first-order chi connectivity index (χ1) is 5.90. The van der Waals surface area contributed by atoms with Crippen LogP contribution in [0.3, 0.4) is 0 Å². The molecule has 0 aromatic heterocycles. The summed E-state index contributed by atoms with van der Waals surface area (Å²) < 4.78 is 26.1. The van der Waals surface area contributed by atoms with Gasteiger partial charge in [-0.05, 0) is 18.3 Å². The molecular formula is C9H18O3S. The van der Waals surface area contributed by atoms with Gasteiger partial charge in [0.2, 0.25) is 0 Å². The van der Waals surface area contributed by atoms with Crippen molar-refractivity contribution in [1.82, 2.24) is 0 Å². The average molecular weight is 206 g/mol. The van der Waals surface area contributed by atoms with E-state index in [0.717, 1.165) is 12.7 Å². The first kappa shape index (κ1) is 12.7. The lowest BCUT2D eigenvalue weighted by Gasteiger charge is -2.17. The van der Waals surface area contributed by atoms with Gasteiger partial charge < -0.3 is 0 Å². The van der Waals surface area contributed by atoms with E-state index in [0.29, 0.717) is 5.92 Å². The van der Waals surface area contributed by atoms with Crippen molar-refractivity contribution in [1.29, 1.82) is 0 Å². The molecule has 2 atom stereocenters. The third-order valence-corrected chi connectivity index (χ3v) is 2.61. The molecule has 0 saturated carbocycles. The Labute approximate surface area is 80.9 Å². The van der Waals surface area contributed by atoms with Crippen molar-refractivity contribution in [3.05, 3.63) is 12.7 Å². The second-order valence-electron chi connectivity index (χ2n) is 3.27. The molecule has 0 aliphatic rings. The molecule has 4 heteroatoms. The Hall–Kier alpha value is -0.350. The van der Waals surface area contributed by atoms with Gasteiger partial charge in [0.15, 0.2) is 0 Å². The van der Waals surface area contributed by atoms with Gasteiger partial charge in [0.1, 0.15) is 0 Å². The summed E-state index contributed by atoms with van der Waals surface area (Å²) in [6.07, 6.45) is 3.86. The van der Waals surface area contributed by atoms with Gasteiger partial charge in [0.25, 0.3) is 10.1 Å². The summed E-state index contributed by atoms with van der Waals surface area (Å²) in [5.41, 5.74) is 0. The van der Waals surface area contributed by atoms with E-state index >= 15 is 0 Å². The lowest BCUT2D eigenvalue weighted by Crippen LogP contribution is -2.17. The van der Waals surface area contributed by atoms with Gasteiger partial charge in [-0.25, -0.2) is 0 Å². The van der Waals surface area contributed by atoms with Gasteiger partial charge in [-0.15, -0.1) is 6.58 Å². The predicted molar refractivity (Wildman–Crippen MR) is 53.9 cm³/mol. The van der Waals surface area contributed by atoms with E-state index < -0.39 is 10.1 Å². The van der Waals surface area contributed by atoms with Crippen LogP contribution in [0.25, 0.3) is 0 Å². The van der Waals surface area contributed by atoms with E-state index in [1.807, 2.05) is 19.9 Å². The SMILES string of the molecule is C=C[C@H](CC)[C@H](C)COS(C)(=O)=O. The van der Waals surface area contributed by atoms with Gasteiger partial charge >= 0.3 is 0 Å². The summed E-state index contributed by atoms with van der Waals surface area (Å²) in [7, 11) is -3.30. The highest BCUT2D eigenvalue weighted by atomic mass is 32.2. The number of hydrogen-bond acceptors (Lipinski definition) is 3. The normalized spacial score (nSPS) is 16.5. The van der Waals surface area contributed by atoms with Crippen LogP contribution in [0.4, 0.5) is 0 Å². The Balaban J connectivity index is 4.00. The highest BCUT2D eigenvalue weighted by Crippen LogP contribution is 2.17. The Kier molecular flexibility index (Phi) is 5.25. The zero-order chi connectivity index (χ0) is 10.5. The van der Waals surface area contributed by atoms with Crippen molar-refractivity contribution < 1.29 is 12.6 Å². The molecule has 0 aromatic rings. The molecule has 78 valence electrons. The van der Waals surface area contributed by atoms with E-state index in [2.05, 4.69) is 6.58 Å². The molecule has 0 aliphatic heterocycles. The highest BCUT2D eigenvalue weighted by molar-refractivity contribution is 7.85. The molecule has 0 rings (SSSR count). The second-order valence-corrected chi connectivity index (χ2v) is 4.92. The van der Waals surface area contributed by atoms with Crippen molar-refractivity contribution in [2.75, 3.05) is 12.9 Å². The molecule has 0 N–H and O–H groups in total. The number of allylic oxidation sites excluding steroid dienone is 1. The number of rotatable bonds is 6. The molecule has 0 unspecified atom stereocenters. The quantitative estimate of drug-likeness (QED) is 0.492. The van der Waals surface area contributed by atoms with Gasteiger partial charge in [0.05, 0.1) is 12.9 Å². The van der Waals surface area contributed by atoms with Gasteiger partial charge in [0, 0.05) is 0 Å². The van der Waals surface area contributed by atoms with Crippen LogP contribution in [0.2, 0.25) is 0 Å². The zero-order valence-corrected chi connectivity index (χ0v) is 9.30. The monoisotopic (exact) mass is 206 g/mol. The summed E-state index contributed by atoms with van der Waals surface area (Å²) in [5.74, 6) is 0.513. The maximum Gasteiger partial charge on any atom is 0.264 e. The van der Waals surface area contributed by atoms with Crippen LogP contribution in [0.5, 0.6) is 0 Å². The average Bonchev–Trinajstić information content (AvgIpc) is 2.02. The fourth-order valence-electron chi connectivity index (χ4n) is 1.16. The lowest BCUT2D eigenvalue weighted by molar-refractivity contribution is 0.232. The predicted octanol–water partition coefficient (Wildman–Crippen LogP) is 1.81. The number of hydrogen-bond donors (Lipinski definition) is 0. The van der Waals surface area contributed by atoms with E-state index in [-0.39, 0.29) is 12.5 Å². The minimum atomic E-state index is -3.30. The molecule has 0 spiro atoms. The Bertz CT molecular complexity index is 244. The molecule has 0 fully saturated rings. The maximum absolute atomic E-state index is 10.7. The topological polar surface area (TPSA) is 43.4 Å². The lowest BCUT2D eigenvalue weighted by atomic mass is 9.93. The summed E-state index contributed by atoms with van der Waals surface area (Å²) in [4.78, 5) is 0. The molecule has 0 amide bonds. The van der Waals surface area contributed by atoms with Crippen LogP contribution in [-0.2, 0) is 14.3 Å². The molecule has 13 heavy (non-hydrogen) atoms. The standard InChI is InChI=1S/C9H18O3S/c1-5-9(6-2)8(3)7-12-13(4,10)11/h5,8-9H,1,6-7H2,2-4H3/t8-,9-/m1/s1. The molecule has 0 radical (unpaired) electrons. The van der Waals surface area contributed by atoms with Crippen molar-refractivity contribution >= 4 is 10.1 Å². The molecule has 0 heterocycles. The summed E-state index contributed by atoms with van der Waals surface area (Å²) in [5, 5.41) is 0. The third kappa shape index (κ3) is 5.82. The smallest absolute Gasteiger partial charge is 0.264 e. The summed E-state index contributed by atoms with van der Waals surface area (Å²) in [6.45, 7) is 7.94. The zero-order valence-electron chi connectivity index (χ0n) is 8.49. The van der Waals surface area contributed by atoms with Gasteiger partial charge in [-0.3, -0.25) is 4.18 Å². The highest BCUT2D eigenvalue weighted by Gasteiger charge is 2.14. The fraction of sp³-hybridized carbons (Fsp3) is 0.778. The van der Waals surface area contributed by atoms with Crippen molar-refractivity contribution in [3.63, 3.8) is 0 Å². The van der Waals surface area contributed by atoms with E-state index in [1.54, 1.807) is 0 Å². The van der Waals surface area contributed by atoms with Crippen molar-refractivity contribution in [2.24, 2.45) is 11.8 Å². The first-order valence-electron chi connectivity index (χ1n) is 4.37. The molecule has 0 saturated heterocycles. The summed E-state index contributed by atoms with van der Waals surface area (Å²) in [6, 6.07) is 0. The second kappa shape index (κ2) is 5.40. The van der Waals surface area contributed by atoms with Gasteiger partial charge in [-0.2, -0.15) is 8.42 Å². The minimum Gasteiger partial charge on any atom is -0.270 e. The largest absolute Gasteiger partial charge is 0.270 e. The Morgan fingerprint density at radius 2 is 2.08 bits per heavy atom. The molecule has 0 bridgehead atoms. The van der Waals surface area contributed by atoms with Crippen LogP contribution >= 0.6 is 0 Å². The Morgan fingerprint density at radius 3 is 2.38 bits per heavy atom. The van der Waals surface area contributed by atoms with Crippen molar-refractivity contribution in [2.45, 2.75) is 20.3 Å². The molecule has 0 aromatic carbocycles. The van der Waals surface area contributed by atoms with E-state index in [1.165, 1.54) is 0 Å². The Morgan fingerprint density at radius 1 is 1.54 bits per heavy atom. The van der Waals surface area contributed by atoms with Crippen LogP contribution in [0.15, 0.2) is 12.7 Å². The van der Waals surface area contributed by atoms with Crippen molar-refractivity contribution in [3.8, 4) is 0 Å². The van der Waals surface area contributed by atoms with E-state index in [9.17, 15) is 8.42 Å². The summed E-state index contributed by atoms with van der Waals surface area (Å²) >= 11 is 0. The molecular weight excluding hydrogens is 188 g/mol. The van der Waals surface area contributed by atoms with Crippen LogP contribution < -0.4 is 0 Å². The van der Waals surface area contributed by atoms with E-state index in [4.69, 9.17) is 4.18 Å². The first-order valence-corrected chi connectivity index (χ1v) is 6.19. The van der Waals surface area contributed by atoms with Crippen LogP contribution in [-0.4, -0.2) is 21.3 Å². The third-order valence-electron chi connectivity index (χ3n) is 2.05. The maximum atomic E-state index is 10.7. The van der Waals surface area contributed by atoms with Gasteiger partial charge in [-0.1, -0.05) is 19.9 Å². The van der Waals surface area contributed by atoms with Crippen LogP contribution in [0.1, 0.15) is 20.3 Å².